The standard InChI is InChI=1S/C12H19N3O/c13-7-9-3-4-15-8-14-12(10(15)6-9)11-2-1-5-16-11/h8-9,11H,1-7,13H2. The van der Waals surface area contributed by atoms with Gasteiger partial charge < -0.3 is 15.0 Å². The van der Waals surface area contributed by atoms with Gasteiger partial charge in [-0.25, -0.2) is 4.98 Å². The summed E-state index contributed by atoms with van der Waals surface area (Å²) in [4.78, 5) is 4.55. The van der Waals surface area contributed by atoms with E-state index in [2.05, 4.69) is 9.55 Å². The molecule has 2 unspecified atom stereocenters. The number of fused-ring (bicyclic) bond motifs is 1. The maximum atomic E-state index is 5.77. The van der Waals surface area contributed by atoms with Crippen molar-refractivity contribution in [3.63, 3.8) is 0 Å². The maximum absolute atomic E-state index is 5.77. The first-order chi connectivity index (χ1) is 7.88. The van der Waals surface area contributed by atoms with Crippen LogP contribution in [0.2, 0.25) is 0 Å². The number of ether oxygens (including phenoxy) is 1. The van der Waals surface area contributed by atoms with Crippen molar-refractivity contribution in [2.75, 3.05) is 13.2 Å². The molecule has 1 fully saturated rings. The lowest BCUT2D eigenvalue weighted by atomic mass is 9.94. The number of nitrogens with zero attached hydrogens (tertiary/aromatic N) is 2. The van der Waals surface area contributed by atoms with E-state index in [0.717, 1.165) is 39.0 Å². The van der Waals surface area contributed by atoms with Crippen molar-refractivity contribution in [2.24, 2.45) is 11.7 Å². The minimum atomic E-state index is 0.243. The van der Waals surface area contributed by atoms with Gasteiger partial charge in [0, 0.05) is 18.8 Å². The zero-order valence-corrected chi connectivity index (χ0v) is 9.56. The summed E-state index contributed by atoms with van der Waals surface area (Å²) >= 11 is 0. The van der Waals surface area contributed by atoms with Crippen LogP contribution in [0.25, 0.3) is 0 Å². The van der Waals surface area contributed by atoms with Crippen LogP contribution in [0.4, 0.5) is 0 Å². The van der Waals surface area contributed by atoms with Crippen LogP contribution in [0.1, 0.15) is 36.8 Å². The molecule has 88 valence electrons. The van der Waals surface area contributed by atoms with Crippen molar-refractivity contribution < 1.29 is 4.74 Å². The van der Waals surface area contributed by atoms with Crippen molar-refractivity contribution in [3.8, 4) is 0 Å². The highest BCUT2D eigenvalue weighted by Crippen LogP contribution is 2.32. The SMILES string of the molecule is NCC1CCn2cnc(C3CCCO3)c2C1. The molecule has 2 atom stereocenters. The molecule has 2 N–H and O–H groups in total. The fourth-order valence-electron chi connectivity index (χ4n) is 2.80. The Morgan fingerprint density at radius 2 is 2.44 bits per heavy atom. The highest BCUT2D eigenvalue weighted by molar-refractivity contribution is 5.19. The molecule has 0 saturated carbocycles. The predicted octanol–water partition coefficient (Wildman–Crippen LogP) is 1.26. The van der Waals surface area contributed by atoms with E-state index in [1.165, 1.54) is 17.8 Å². The summed E-state index contributed by atoms with van der Waals surface area (Å²) in [6.07, 6.45) is 6.76. The molecule has 2 aliphatic rings. The van der Waals surface area contributed by atoms with Crippen LogP contribution < -0.4 is 5.73 Å². The first-order valence-electron chi connectivity index (χ1n) is 6.24. The summed E-state index contributed by atoms with van der Waals surface area (Å²) in [6, 6.07) is 0. The quantitative estimate of drug-likeness (QED) is 0.818. The van der Waals surface area contributed by atoms with Gasteiger partial charge in [-0.1, -0.05) is 0 Å². The van der Waals surface area contributed by atoms with Crippen molar-refractivity contribution >= 4 is 0 Å². The summed E-state index contributed by atoms with van der Waals surface area (Å²) in [5.74, 6) is 0.629. The lowest BCUT2D eigenvalue weighted by Gasteiger charge is -2.24. The van der Waals surface area contributed by atoms with E-state index >= 15 is 0 Å². The highest BCUT2D eigenvalue weighted by Gasteiger charge is 2.27. The summed E-state index contributed by atoms with van der Waals surface area (Å²) < 4.78 is 8.01. The third-order valence-corrected chi connectivity index (χ3v) is 3.81. The van der Waals surface area contributed by atoms with E-state index in [0.29, 0.717) is 5.92 Å². The van der Waals surface area contributed by atoms with Crippen LogP contribution in [0.5, 0.6) is 0 Å². The Kier molecular flexibility index (Phi) is 2.69. The predicted molar refractivity (Wildman–Crippen MR) is 61.0 cm³/mol. The molecule has 2 aliphatic heterocycles. The minimum Gasteiger partial charge on any atom is -0.372 e. The van der Waals surface area contributed by atoms with E-state index in [1.54, 1.807) is 0 Å². The number of aromatic nitrogens is 2. The second-order valence-electron chi connectivity index (χ2n) is 4.87. The molecule has 0 aliphatic carbocycles. The third kappa shape index (κ3) is 1.66. The van der Waals surface area contributed by atoms with Crippen LogP contribution in [0, 0.1) is 5.92 Å². The van der Waals surface area contributed by atoms with Crippen LogP contribution in [-0.4, -0.2) is 22.7 Å². The van der Waals surface area contributed by atoms with Crippen molar-refractivity contribution in [3.05, 3.63) is 17.7 Å². The summed E-state index contributed by atoms with van der Waals surface area (Å²) in [6.45, 7) is 2.74. The molecule has 4 nitrogen and oxygen atoms in total. The van der Waals surface area contributed by atoms with Crippen molar-refractivity contribution in [1.82, 2.24) is 9.55 Å². The first kappa shape index (κ1) is 10.3. The molecule has 3 rings (SSSR count). The van der Waals surface area contributed by atoms with E-state index in [9.17, 15) is 0 Å². The second-order valence-corrected chi connectivity index (χ2v) is 4.87. The van der Waals surface area contributed by atoms with Crippen LogP contribution >= 0.6 is 0 Å². The number of nitrogens with two attached hydrogens (primary N) is 1. The van der Waals surface area contributed by atoms with E-state index in [-0.39, 0.29) is 6.10 Å². The first-order valence-corrected chi connectivity index (χ1v) is 6.24. The molecule has 0 spiro atoms. The highest BCUT2D eigenvalue weighted by atomic mass is 16.5. The van der Waals surface area contributed by atoms with Gasteiger partial charge in [-0.2, -0.15) is 0 Å². The Balaban J connectivity index is 1.87. The number of rotatable bonds is 2. The van der Waals surface area contributed by atoms with Gasteiger partial charge >= 0.3 is 0 Å². The number of hydrogen-bond acceptors (Lipinski definition) is 3. The second kappa shape index (κ2) is 4.18. The molecule has 0 aromatic carbocycles. The summed E-state index contributed by atoms with van der Waals surface area (Å²) in [7, 11) is 0. The summed E-state index contributed by atoms with van der Waals surface area (Å²) in [5, 5.41) is 0. The molecular formula is C12H19N3O. The number of imidazole rings is 1. The van der Waals surface area contributed by atoms with Gasteiger partial charge in [0.05, 0.1) is 12.0 Å². The normalized spacial score (nSPS) is 29.3. The third-order valence-electron chi connectivity index (χ3n) is 3.81. The average Bonchev–Trinajstić information content (AvgIpc) is 2.96. The molecule has 1 aromatic rings. The monoisotopic (exact) mass is 221 g/mol. The smallest absolute Gasteiger partial charge is 0.101 e. The van der Waals surface area contributed by atoms with Crippen LogP contribution in [0.15, 0.2) is 6.33 Å². The Labute approximate surface area is 95.8 Å². The van der Waals surface area contributed by atoms with Crippen molar-refractivity contribution in [1.29, 1.82) is 0 Å². The molecule has 0 bridgehead atoms. The molecule has 1 aromatic heterocycles. The van der Waals surface area contributed by atoms with Gasteiger partial charge in [0.2, 0.25) is 0 Å². The average molecular weight is 221 g/mol. The summed E-state index contributed by atoms with van der Waals surface area (Å²) in [5.41, 5.74) is 8.32. The van der Waals surface area contributed by atoms with Gasteiger partial charge in [-0.05, 0) is 38.1 Å². The minimum absolute atomic E-state index is 0.243. The lowest BCUT2D eigenvalue weighted by molar-refractivity contribution is 0.107. The van der Waals surface area contributed by atoms with Gasteiger partial charge in [0.25, 0.3) is 0 Å². The number of aryl methyl sites for hydroxylation is 1. The zero-order chi connectivity index (χ0) is 11.0. The molecule has 1 saturated heterocycles. The van der Waals surface area contributed by atoms with Crippen LogP contribution in [-0.2, 0) is 17.7 Å². The molecule has 0 amide bonds. The molecular weight excluding hydrogens is 202 g/mol. The van der Waals surface area contributed by atoms with E-state index in [1.807, 2.05) is 6.33 Å². The zero-order valence-electron chi connectivity index (χ0n) is 9.56. The molecule has 4 heteroatoms. The Morgan fingerprint density at radius 1 is 1.50 bits per heavy atom. The fraction of sp³-hybridized carbons (Fsp3) is 0.750. The van der Waals surface area contributed by atoms with Gasteiger partial charge in [0.15, 0.2) is 0 Å². The van der Waals surface area contributed by atoms with Gasteiger partial charge in [-0.15, -0.1) is 0 Å². The lowest BCUT2D eigenvalue weighted by Crippen LogP contribution is -2.25. The molecule has 16 heavy (non-hydrogen) atoms. The Bertz CT molecular complexity index is 368. The van der Waals surface area contributed by atoms with E-state index < -0.39 is 0 Å². The topological polar surface area (TPSA) is 53.1 Å². The maximum Gasteiger partial charge on any atom is 0.101 e. The van der Waals surface area contributed by atoms with Gasteiger partial charge in [-0.3, -0.25) is 0 Å². The van der Waals surface area contributed by atoms with Crippen LogP contribution in [0.3, 0.4) is 0 Å². The number of hydrogen-bond donors (Lipinski definition) is 1. The fourth-order valence-corrected chi connectivity index (χ4v) is 2.80. The molecule has 3 heterocycles. The van der Waals surface area contributed by atoms with Gasteiger partial charge in [0.1, 0.15) is 6.10 Å². The Morgan fingerprint density at radius 3 is 3.19 bits per heavy atom. The Hall–Kier alpha value is -0.870. The van der Waals surface area contributed by atoms with E-state index in [4.69, 9.17) is 10.5 Å². The molecule has 0 radical (unpaired) electrons. The van der Waals surface area contributed by atoms with Crippen molar-refractivity contribution in [2.45, 2.75) is 38.3 Å². The largest absolute Gasteiger partial charge is 0.372 e.